The highest BCUT2D eigenvalue weighted by Gasteiger charge is 2.35. The average molecular weight is 725 g/mol. The maximum Gasteiger partial charge on any atom is 0.264 e. The Hall–Kier alpha value is -3.66. The Bertz CT molecular complexity index is 1730. The largest absolute Gasteiger partial charge is 0.354 e. The van der Waals surface area contributed by atoms with Crippen LogP contribution in [0.3, 0.4) is 0 Å². The van der Waals surface area contributed by atoms with Crippen molar-refractivity contribution >= 4 is 55.1 Å². The lowest BCUT2D eigenvalue weighted by Gasteiger charge is -2.34. The number of unbranched alkanes of at least 4 members (excludes halogenated alkanes) is 1. The second-order valence-corrected chi connectivity index (χ2v) is 14.5. The summed E-state index contributed by atoms with van der Waals surface area (Å²) in [6, 6.07) is 27.5. The number of carbonyl (C=O) groups is 2. The third kappa shape index (κ3) is 9.21. The third-order valence-electron chi connectivity index (χ3n) is 7.68. The van der Waals surface area contributed by atoms with E-state index in [0.717, 1.165) is 38.3 Å². The fourth-order valence-electron chi connectivity index (χ4n) is 5.10. The normalized spacial score (nSPS) is 11.9. The summed E-state index contributed by atoms with van der Waals surface area (Å²) >= 11 is 9.71. The smallest absolute Gasteiger partial charge is 0.264 e. The first-order valence-corrected chi connectivity index (χ1v) is 17.8. The summed E-state index contributed by atoms with van der Waals surface area (Å²) in [5.41, 5.74) is 3.50. The van der Waals surface area contributed by atoms with E-state index < -0.39 is 28.5 Å². The summed E-state index contributed by atoms with van der Waals surface area (Å²) in [6.45, 7) is 5.71. The van der Waals surface area contributed by atoms with E-state index in [-0.39, 0.29) is 23.8 Å². The van der Waals surface area contributed by atoms with E-state index in [1.165, 1.54) is 17.0 Å². The van der Waals surface area contributed by atoms with Crippen molar-refractivity contribution in [2.75, 3.05) is 17.4 Å². The highest BCUT2D eigenvalue weighted by atomic mass is 79.9. The van der Waals surface area contributed by atoms with Gasteiger partial charge in [0.05, 0.1) is 10.6 Å². The van der Waals surface area contributed by atoms with Crippen LogP contribution in [0.2, 0.25) is 5.02 Å². The molecule has 4 aromatic carbocycles. The lowest BCUT2D eigenvalue weighted by Crippen LogP contribution is -2.53. The Kier molecular flexibility index (Phi) is 12.4. The van der Waals surface area contributed by atoms with Gasteiger partial charge in [-0.1, -0.05) is 101 Å². The molecule has 4 rings (SSSR count). The first kappa shape index (κ1) is 35.2. The molecule has 0 radical (unpaired) electrons. The number of nitrogens with one attached hydrogen (secondary N) is 1. The number of amides is 2. The second kappa shape index (κ2) is 16.3. The zero-order chi connectivity index (χ0) is 33.3. The number of halogens is 2. The van der Waals surface area contributed by atoms with Gasteiger partial charge in [0, 0.05) is 29.0 Å². The molecule has 2 amide bonds. The molecule has 0 heterocycles. The van der Waals surface area contributed by atoms with Crippen molar-refractivity contribution in [3.8, 4) is 0 Å². The molecule has 0 saturated heterocycles. The van der Waals surface area contributed by atoms with Crippen molar-refractivity contribution in [3.05, 3.63) is 129 Å². The maximum absolute atomic E-state index is 14.6. The molecular weight excluding hydrogens is 686 g/mol. The molecule has 0 aliphatic rings. The van der Waals surface area contributed by atoms with Crippen LogP contribution < -0.4 is 9.62 Å². The number of hydrogen-bond donors (Lipinski definition) is 1. The number of carbonyl (C=O) groups excluding carboxylic acids is 2. The van der Waals surface area contributed by atoms with Gasteiger partial charge in [0.15, 0.2) is 0 Å². The van der Waals surface area contributed by atoms with Gasteiger partial charge in [0.25, 0.3) is 10.0 Å². The van der Waals surface area contributed by atoms with Crippen LogP contribution in [0, 0.1) is 13.8 Å². The summed E-state index contributed by atoms with van der Waals surface area (Å²) in [7, 11) is -4.20. The van der Waals surface area contributed by atoms with Gasteiger partial charge >= 0.3 is 0 Å². The van der Waals surface area contributed by atoms with Gasteiger partial charge in [-0.15, -0.1) is 0 Å². The lowest BCUT2D eigenvalue weighted by atomic mass is 10.0. The molecule has 0 aliphatic heterocycles. The van der Waals surface area contributed by atoms with E-state index in [1.807, 2.05) is 68.4 Å². The molecule has 0 bridgehead atoms. The minimum Gasteiger partial charge on any atom is -0.354 e. The molecular formula is C36H39BrClN3O4S. The Morgan fingerprint density at radius 2 is 1.57 bits per heavy atom. The van der Waals surface area contributed by atoms with Gasteiger partial charge in [-0.25, -0.2) is 8.42 Å². The van der Waals surface area contributed by atoms with Gasteiger partial charge in [-0.3, -0.25) is 13.9 Å². The molecule has 0 unspecified atom stereocenters. The van der Waals surface area contributed by atoms with Crippen molar-refractivity contribution < 1.29 is 18.0 Å². The highest BCUT2D eigenvalue weighted by molar-refractivity contribution is 9.10. The van der Waals surface area contributed by atoms with Crippen molar-refractivity contribution in [1.29, 1.82) is 0 Å². The van der Waals surface area contributed by atoms with Crippen LogP contribution in [0.5, 0.6) is 0 Å². The second-order valence-electron chi connectivity index (χ2n) is 11.3. The molecule has 0 saturated carbocycles. The maximum atomic E-state index is 14.6. The fraction of sp³-hybridized carbons (Fsp3) is 0.278. The van der Waals surface area contributed by atoms with Crippen molar-refractivity contribution in [1.82, 2.24) is 10.2 Å². The standard InChI is InChI=1S/C36H39BrClN3O4S/c1-4-5-21-39-36(43)34(23-28-9-7-6-8-10-28)40(24-29-13-15-30(37)16-14-29)35(42)25-41(33-20-17-31(38)22-27(33)3)46(44,45)32-18-11-26(2)12-19-32/h6-20,22,34H,4-5,21,23-25H2,1-3H3,(H,39,43)/t34-/m1/s1. The lowest BCUT2D eigenvalue weighted by molar-refractivity contribution is -0.140. The predicted molar refractivity (Wildman–Crippen MR) is 188 cm³/mol. The van der Waals surface area contributed by atoms with Crippen molar-refractivity contribution in [2.24, 2.45) is 0 Å². The number of rotatable bonds is 14. The van der Waals surface area contributed by atoms with Crippen molar-refractivity contribution in [2.45, 2.75) is 57.5 Å². The van der Waals surface area contributed by atoms with Crippen LogP contribution >= 0.6 is 27.5 Å². The summed E-state index contributed by atoms with van der Waals surface area (Å²) < 4.78 is 30.5. The Balaban J connectivity index is 1.81. The van der Waals surface area contributed by atoms with Crippen LogP contribution in [0.15, 0.2) is 106 Å². The number of nitrogens with zero attached hydrogens (tertiary/aromatic N) is 2. The van der Waals surface area contributed by atoms with Crippen LogP contribution in [-0.4, -0.2) is 44.3 Å². The predicted octanol–water partition coefficient (Wildman–Crippen LogP) is 7.47. The van der Waals surface area contributed by atoms with E-state index in [1.54, 1.807) is 37.3 Å². The van der Waals surface area contributed by atoms with E-state index in [0.29, 0.717) is 22.8 Å². The summed E-state index contributed by atoms with van der Waals surface area (Å²) in [5.74, 6) is -0.807. The summed E-state index contributed by atoms with van der Waals surface area (Å²) in [5, 5.41) is 3.46. The molecule has 0 fully saturated rings. The zero-order valence-corrected chi connectivity index (χ0v) is 29.4. The Labute approximate surface area is 285 Å². The van der Waals surface area contributed by atoms with Gasteiger partial charge in [0.2, 0.25) is 11.8 Å². The number of benzene rings is 4. The third-order valence-corrected chi connectivity index (χ3v) is 10.2. The first-order valence-electron chi connectivity index (χ1n) is 15.2. The summed E-state index contributed by atoms with van der Waals surface area (Å²) in [6.07, 6.45) is 1.95. The quantitative estimate of drug-likeness (QED) is 0.137. The topological polar surface area (TPSA) is 86.8 Å². The van der Waals surface area contributed by atoms with E-state index in [9.17, 15) is 18.0 Å². The molecule has 1 N–H and O–H groups in total. The van der Waals surface area contributed by atoms with Gasteiger partial charge in [-0.05, 0) is 79.4 Å². The summed E-state index contributed by atoms with van der Waals surface area (Å²) in [4.78, 5) is 30.0. The Morgan fingerprint density at radius 3 is 2.20 bits per heavy atom. The van der Waals surface area contributed by atoms with E-state index in [4.69, 9.17) is 11.6 Å². The number of sulfonamides is 1. The number of aryl methyl sites for hydroxylation is 2. The molecule has 0 spiro atoms. The number of hydrogen-bond acceptors (Lipinski definition) is 4. The van der Waals surface area contributed by atoms with Crippen LogP contribution in [0.4, 0.5) is 5.69 Å². The molecule has 0 aliphatic carbocycles. The van der Waals surface area contributed by atoms with E-state index >= 15 is 0 Å². The Morgan fingerprint density at radius 1 is 0.891 bits per heavy atom. The van der Waals surface area contributed by atoms with Crippen LogP contribution in [0.25, 0.3) is 0 Å². The van der Waals surface area contributed by atoms with Crippen LogP contribution in [0.1, 0.15) is 42.0 Å². The molecule has 4 aromatic rings. The molecule has 10 heteroatoms. The van der Waals surface area contributed by atoms with Gasteiger partial charge in [0.1, 0.15) is 12.6 Å². The molecule has 7 nitrogen and oxygen atoms in total. The number of anilines is 1. The fourth-order valence-corrected chi connectivity index (χ4v) is 7.07. The molecule has 1 atom stereocenters. The first-order chi connectivity index (χ1) is 22.0. The molecule has 242 valence electrons. The zero-order valence-electron chi connectivity index (χ0n) is 26.2. The van der Waals surface area contributed by atoms with Crippen molar-refractivity contribution in [3.63, 3.8) is 0 Å². The van der Waals surface area contributed by atoms with Crippen LogP contribution in [-0.2, 0) is 32.6 Å². The average Bonchev–Trinajstić information content (AvgIpc) is 3.03. The minimum atomic E-state index is -4.20. The molecule has 46 heavy (non-hydrogen) atoms. The monoisotopic (exact) mass is 723 g/mol. The minimum absolute atomic E-state index is 0.0536. The highest BCUT2D eigenvalue weighted by Crippen LogP contribution is 2.30. The van der Waals surface area contributed by atoms with Gasteiger partial charge in [-0.2, -0.15) is 0 Å². The molecule has 0 aromatic heterocycles. The van der Waals surface area contributed by atoms with E-state index in [2.05, 4.69) is 21.2 Å². The van der Waals surface area contributed by atoms with Gasteiger partial charge < -0.3 is 10.2 Å². The SMILES string of the molecule is CCCCNC(=O)[C@@H](Cc1ccccc1)N(Cc1ccc(Br)cc1)C(=O)CN(c1ccc(Cl)cc1C)S(=O)(=O)c1ccc(C)cc1.